The molecule has 1 aromatic heterocycles. The Bertz CT molecular complexity index is 1580. The number of para-hydroxylation sites is 1. The highest BCUT2D eigenvalue weighted by Crippen LogP contribution is 2.33. The van der Waals surface area contributed by atoms with Gasteiger partial charge >= 0.3 is 12.1 Å². The number of amides is 2. The number of nitrogens with zero attached hydrogens (tertiary/aromatic N) is 2. The van der Waals surface area contributed by atoms with Crippen molar-refractivity contribution >= 4 is 28.9 Å². The maximum Gasteiger partial charge on any atom is 0.408 e. The van der Waals surface area contributed by atoms with E-state index in [1.54, 1.807) is 0 Å². The van der Waals surface area contributed by atoms with E-state index in [2.05, 4.69) is 5.32 Å². The van der Waals surface area contributed by atoms with Crippen LogP contribution in [0.15, 0.2) is 91.0 Å². The van der Waals surface area contributed by atoms with E-state index in [1.165, 1.54) is 12.0 Å². The zero-order valence-electron chi connectivity index (χ0n) is 24.4. The highest BCUT2D eigenvalue weighted by Gasteiger charge is 2.44. The fourth-order valence-electron chi connectivity index (χ4n) is 5.25. The van der Waals surface area contributed by atoms with Crippen molar-refractivity contribution in [3.63, 3.8) is 0 Å². The summed E-state index contributed by atoms with van der Waals surface area (Å²) < 4.78 is 16.9. The number of hydrogen-bond donors (Lipinski definition) is 1. The summed E-state index contributed by atoms with van der Waals surface area (Å²) in [7, 11) is 1.29. The average Bonchev–Trinajstić information content (AvgIpc) is 3.46. The Kier molecular flexibility index (Phi) is 9.20. The van der Waals surface area contributed by atoms with Crippen LogP contribution >= 0.6 is 0 Å². The van der Waals surface area contributed by atoms with Crippen LogP contribution in [0.25, 0.3) is 22.2 Å². The number of esters is 1. The Balaban J connectivity index is 1.35. The van der Waals surface area contributed by atoms with Gasteiger partial charge in [-0.2, -0.15) is 0 Å². The summed E-state index contributed by atoms with van der Waals surface area (Å²) in [6, 6.07) is 26.9. The van der Waals surface area contributed by atoms with Gasteiger partial charge in [0.25, 0.3) is 0 Å². The lowest BCUT2D eigenvalue weighted by Crippen LogP contribution is -2.54. The van der Waals surface area contributed by atoms with E-state index < -0.39 is 36.2 Å². The molecular weight excluding hydrogens is 546 g/mol. The van der Waals surface area contributed by atoms with Crippen LogP contribution in [0.2, 0.25) is 0 Å². The number of methoxy groups -OCH3 is 1. The third-order valence-corrected chi connectivity index (χ3v) is 7.48. The van der Waals surface area contributed by atoms with Gasteiger partial charge in [-0.05, 0) is 23.6 Å². The van der Waals surface area contributed by atoms with Crippen LogP contribution < -0.4 is 10.1 Å². The van der Waals surface area contributed by atoms with Crippen molar-refractivity contribution in [2.75, 3.05) is 13.7 Å². The largest absolute Gasteiger partial charge is 0.488 e. The van der Waals surface area contributed by atoms with Gasteiger partial charge in [0.1, 0.15) is 30.5 Å². The first-order valence-electron chi connectivity index (χ1n) is 14.3. The van der Waals surface area contributed by atoms with Gasteiger partial charge in [0, 0.05) is 23.4 Å². The van der Waals surface area contributed by atoms with E-state index in [0.717, 1.165) is 27.7 Å². The molecule has 1 fully saturated rings. The number of nitrogens with one attached hydrogen (secondary N) is 1. The number of pyridine rings is 1. The van der Waals surface area contributed by atoms with Gasteiger partial charge in [-0.15, -0.1) is 0 Å². The Morgan fingerprint density at radius 3 is 2.33 bits per heavy atom. The zero-order valence-corrected chi connectivity index (χ0v) is 24.4. The number of ether oxygens (including phenoxy) is 3. The second kappa shape index (κ2) is 13.4. The monoisotopic (exact) mass is 581 g/mol. The first-order chi connectivity index (χ1) is 20.8. The molecule has 5 rings (SSSR count). The van der Waals surface area contributed by atoms with Gasteiger partial charge in [0.2, 0.25) is 5.91 Å². The van der Waals surface area contributed by atoms with Crippen molar-refractivity contribution in [1.29, 1.82) is 0 Å². The van der Waals surface area contributed by atoms with Crippen LogP contribution in [0.5, 0.6) is 5.75 Å². The number of fused-ring (bicyclic) bond motifs is 1. The minimum Gasteiger partial charge on any atom is -0.488 e. The summed E-state index contributed by atoms with van der Waals surface area (Å²) >= 11 is 0. The van der Waals surface area contributed by atoms with E-state index in [1.807, 2.05) is 105 Å². The predicted molar refractivity (Wildman–Crippen MR) is 162 cm³/mol. The van der Waals surface area contributed by atoms with E-state index in [9.17, 15) is 14.4 Å². The summed E-state index contributed by atoms with van der Waals surface area (Å²) in [6.07, 6.45) is -0.978. The number of carbonyl (C=O) groups is 3. The summed E-state index contributed by atoms with van der Waals surface area (Å²) in [5, 5.41) is 3.53. The molecular formula is C34H35N3O6. The summed E-state index contributed by atoms with van der Waals surface area (Å²) in [6.45, 7) is 3.86. The Labute approximate surface area is 250 Å². The van der Waals surface area contributed by atoms with Crippen molar-refractivity contribution < 1.29 is 28.6 Å². The quantitative estimate of drug-likeness (QED) is 0.265. The lowest BCUT2D eigenvalue weighted by atomic mass is 10.0. The molecule has 0 bridgehead atoms. The van der Waals surface area contributed by atoms with Gasteiger partial charge < -0.3 is 24.4 Å². The molecule has 0 unspecified atom stereocenters. The summed E-state index contributed by atoms with van der Waals surface area (Å²) in [5.41, 5.74) is 3.29. The minimum atomic E-state index is -0.916. The lowest BCUT2D eigenvalue weighted by molar-refractivity contribution is -0.151. The Morgan fingerprint density at radius 1 is 0.953 bits per heavy atom. The van der Waals surface area contributed by atoms with Crippen LogP contribution in [-0.2, 0) is 25.7 Å². The smallest absolute Gasteiger partial charge is 0.408 e. The second-order valence-electron chi connectivity index (χ2n) is 10.8. The molecule has 4 aromatic rings. The molecule has 1 saturated heterocycles. The zero-order chi connectivity index (χ0) is 30.3. The number of aromatic nitrogens is 1. The van der Waals surface area contributed by atoms with Gasteiger partial charge in [-0.25, -0.2) is 14.6 Å². The predicted octanol–water partition coefficient (Wildman–Crippen LogP) is 5.37. The van der Waals surface area contributed by atoms with Crippen LogP contribution in [0, 0.1) is 5.92 Å². The maximum atomic E-state index is 13.9. The fourth-order valence-corrected chi connectivity index (χ4v) is 5.25. The molecule has 3 atom stereocenters. The molecule has 0 spiro atoms. The minimum absolute atomic E-state index is 0.0704. The molecule has 1 aliphatic rings. The number of hydrogen-bond acceptors (Lipinski definition) is 7. The lowest BCUT2D eigenvalue weighted by Gasteiger charge is -2.29. The SMILES string of the molecule is COC(=O)[C@@H]1C[C@@H](Oc2cc(-c3ccccc3)nc3ccccc23)CN1C(=O)[C@@H](NC(=O)OCc1ccccc1)C(C)C. The van der Waals surface area contributed by atoms with Crippen molar-refractivity contribution in [1.82, 2.24) is 15.2 Å². The molecule has 2 heterocycles. The number of alkyl carbamates (subject to hydrolysis) is 1. The van der Waals surface area contributed by atoms with Crippen LogP contribution in [0.4, 0.5) is 4.79 Å². The molecule has 0 saturated carbocycles. The van der Waals surface area contributed by atoms with Crippen molar-refractivity contribution in [2.24, 2.45) is 5.92 Å². The van der Waals surface area contributed by atoms with Crippen LogP contribution in [0.1, 0.15) is 25.8 Å². The van der Waals surface area contributed by atoms with Gasteiger partial charge in [0.05, 0.1) is 24.9 Å². The number of rotatable bonds is 9. The highest BCUT2D eigenvalue weighted by molar-refractivity contribution is 5.91. The number of carbonyl (C=O) groups excluding carboxylic acids is 3. The molecule has 222 valence electrons. The third kappa shape index (κ3) is 6.94. The van der Waals surface area contributed by atoms with Gasteiger partial charge in [-0.1, -0.05) is 86.6 Å². The molecule has 3 aromatic carbocycles. The van der Waals surface area contributed by atoms with Crippen molar-refractivity contribution in [3.05, 3.63) is 96.6 Å². The van der Waals surface area contributed by atoms with E-state index in [-0.39, 0.29) is 25.5 Å². The molecule has 1 aliphatic heterocycles. The normalized spacial score (nSPS) is 17.0. The summed E-state index contributed by atoms with van der Waals surface area (Å²) in [4.78, 5) is 45.7. The van der Waals surface area contributed by atoms with E-state index in [4.69, 9.17) is 19.2 Å². The molecule has 0 aliphatic carbocycles. The molecule has 43 heavy (non-hydrogen) atoms. The molecule has 2 amide bonds. The Morgan fingerprint density at radius 2 is 1.63 bits per heavy atom. The average molecular weight is 582 g/mol. The standard InChI is InChI=1S/C34H35N3O6/c1-22(2)31(36-34(40)42-21-23-12-6-4-7-13-23)32(38)37-20-25(18-29(37)33(39)41-3)43-30-19-28(24-14-8-5-9-15-24)35-27-17-11-10-16-26(27)30/h4-17,19,22,25,29,31H,18,20-21H2,1-3H3,(H,36,40)/t25-,29+,31+/m1/s1. The first-order valence-corrected chi connectivity index (χ1v) is 14.3. The molecule has 9 nitrogen and oxygen atoms in total. The second-order valence-corrected chi connectivity index (χ2v) is 10.8. The number of likely N-dealkylation sites (tertiary alicyclic amines) is 1. The van der Waals surface area contributed by atoms with E-state index in [0.29, 0.717) is 5.75 Å². The summed E-state index contributed by atoms with van der Waals surface area (Å²) in [5.74, 6) is -0.612. The highest BCUT2D eigenvalue weighted by atomic mass is 16.5. The molecule has 0 radical (unpaired) electrons. The fraction of sp³-hybridized carbons (Fsp3) is 0.294. The number of benzene rings is 3. The Hall–Kier alpha value is -4.92. The topological polar surface area (TPSA) is 107 Å². The molecule has 9 heteroatoms. The van der Waals surface area contributed by atoms with Crippen molar-refractivity contribution in [2.45, 2.75) is 45.1 Å². The van der Waals surface area contributed by atoms with Gasteiger partial charge in [-0.3, -0.25) is 4.79 Å². The van der Waals surface area contributed by atoms with Crippen molar-refractivity contribution in [3.8, 4) is 17.0 Å². The maximum absolute atomic E-state index is 13.9. The first kappa shape index (κ1) is 29.6. The van der Waals surface area contributed by atoms with Gasteiger partial charge in [0.15, 0.2) is 0 Å². The third-order valence-electron chi connectivity index (χ3n) is 7.48. The van der Waals surface area contributed by atoms with Crippen LogP contribution in [0.3, 0.4) is 0 Å². The molecule has 1 N–H and O–H groups in total. The van der Waals surface area contributed by atoms with E-state index >= 15 is 0 Å². The van der Waals surface area contributed by atoms with Crippen LogP contribution in [-0.4, -0.2) is 59.7 Å².